The second kappa shape index (κ2) is 5.92. The normalized spacial score (nSPS) is 23.4. The van der Waals surface area contributed by atoms with Gasteiger partial charge in [-0.25, -0.2) is 0 Å². The monoisotopic (exact) mass is 328 g/mol. The van der Waals surface area contributed by atoms with Crippen LogP contribution in [0.25, 0.3) is 0 Å². The van der Waals surface area contributed by atoms with Gasteiger partial charge in [-0.1, -0.05) is 6.42 Å². The molecule has 0 bridgehead atoms. The third kappa shape index (κ3) is 2.80. The lowest BCUT2D eigenvalue weighted by molar-refractivity contribution is 0.0124. The third-order valence-corrected chi connectivity index (χ3v) is 6.59. The van der Waals surface area contributed by atoms with E-state index in [1.807, 2.05) is 13.2 Å². The molecule has 3 rings (SSSR count). The average molecular weight is 328 g/mol. The van der Waals surface area contributed by atoms with Crippen molar-refractivity contribution in [3.63, 3.8) is 0 Å². The predicted octanol–water partition coefficient (Wildman–Crippen LogP) is 0.554. The molecule has 2 N–H and O–H groups in total. The maximum atomic E-state index is 12.6. The number of aryl methyl sites for hydroxylation is 1. The van der Waals surface area contributed by atoms with E-state index >= 15 is 0 Å². The second-order valence-corrected chi connectivity index (χ2v) is 8.19. The van der Waals surface area contributed by atoms with Gasteiger partial charge in [0.2, 0.25) is 0 Å². The van der Waals surface area contributed by atoms with Crippen LogP contribution in [0.5, 0.6) is 0 Å². The fourth-order valence-corrected chi connectivity index (χ4v) is 5.03. The Labute approximate surface area is 131 Å². The highest BCUT2D eigenvalue weighted by atomic mass is 32.2. The molecule has 0 radical (unpaired) electrons. The smallest absolute Gasteiger partial charge is 0.280 e. The van der Waals surface area contributed by atoms with Crippen LogP contribution in [0.3, 0.4) is 0 Å². The van der Waals surface area contributed by atoms with Crippen LogP contribution in [0.2, 0.25) is 0 Å². The van der Waals surface area contributed by atoms with Crippen molar-refractivity contribution in [1.29, 1.82) is 0 Å². The molecule has 1 saturated heterocycles. The average Bonchev–Trinajstić information content (AvgIpc) is 3.07. The number of nitrogens with zero attached hydrogens (tertiary/aromatic N) is 3. The van der Waals surface area contributed by atoms with E-state index < -0.39 is 21.7 Å². The summed E-state index contributed by atoms with van der Waals surface area (Å²) in [6.45, 7) is 1.12. The van der Waals surface area contributed by atoms with E-state index in [-0.39, 0.29) is 6.61 Å². The van der Waals surface area contributed by atoms with E-state index in [0.717, 1.165) is 37.7 Å². The topological polar surface area (TPSA) is 87.5 Å². The van der Waals surface area contributed by atoms with Crippen LogP contribution < -0.4 is 4.72 Å². The molecule has 1 unspecified atom stereocenters. The fourth-order valence-electron chi connectivity index (χ4n) is 3.46. The van der Waals surface area contributed by atoms with E-state index in [9.17, 15) is 13.5 Å². The Morgan fingerprint density at radius 2 is 2.05 bits per heavy atom. The molecule has 0 amide bonds. The van der Waals surface area contributed by atoms with Crippen LogP contribution in [-0.2, 0) is 17.3 Å². The molecule has 1 aromatic rings. The zero-order chi connectivity index (χ0) is 15.8. The molecule has 1 aliphatic heterocycles. The minimum absolute atomic E-state index is 0.0188. The van der Waals surface area contributed by atoms with Gasteiger partial charge < -0.3 is 5.11 Å². The number of nitrogens with one attached hydrogen (secondary N) is 1. The standard InChI is InChI=1S/C14H24N4O3S/c1-17-10-12(9-15-17)13(14(11-19)5-4-6-14)16-22(20,21)18-7-2-3-8-18/h9-10,13,16,19H,2-8,11H2,1H3. The van der Waals surface area contributed by atoms with E-state index in [4.69, 9.17) is 0 Å². The summed E-state index contributed by atoms with van der Waals surface area (Å²) in [5.41, 5.74) is 0.412. The maximum absolute atomic E-state index is 12.6. The zero-order valence-electron chi connectivity index (χ0n) is 12.9. The van der Waals surface area contributed by atoms with Crippen LogP contribution in [0, 0.1) is 5.41 Å². The van der Waals surface area contributed by atoms with Crippen LogP contribution in [0.15, 0.2) is 12.4 Å². The van der Waals surface area contributed by atoms with Crippen molar-refractivity contribution in [2.75, 3.05) is 19.7 Å². The van der Waals surface area contributed by atoms with Gasteiger partial charge in [0.1, 0.15) is 0 Å². The summed E-state index contributed by atoms with van der Waals surface area (Å²) in [5.74, 6) is 0. The molecule has 1 atom stereocenters. The summed E-state index contributed by atoms with van der Waals surface area (Å²) in [7, 11) is -1.72. The first-order chi connectivity index (χ1) is 10.5. The van der Waals surface area contributed by atoms with Gasteiger partial charge >= 0.3 is 0 Å². The largest absolute Gasteiger partial charge is 0.396 e. The Bertz CT molecular complexity index is 612. The van der Waals surface area contributed by atoms with Gasteiger partial charge in [-0.15, -0.1) is 0 Å². The van der Waals surface area contributed by atoms with Gasteiger partial charge in [-0.2, -0.15) is 22.5 Å². The lowest BCUT2D eigenvalue weighted by Gasteiger charge is -2.46. The molecule has 1 aromatic heterocycles. The molecule has 22 heavy (non-hydrogen) atoms. The number of aromatic nitrogens is 2. The van der Waals surface area contributed by atoms with E-state index in [0.29, 0.717) is 13.1 Å². The summed E-state index contributed by atoms with van der Waals surface area (Å²) in [4.78, 5) is 0. The number of aliphatic hydroxyl groups excluding tert-OH is 1. The zero-order valence-corrected chi connectivity index (χ0v) is 13.7. The van der Waals surface area contributed by atoms with E-state index in [1.165, 1.54) is 4.31 Å². The quantitative estimate of drug-likeness (QED) is 0.798. The van der Waals surface area contributed by atoms with Crippen molar-refractivity contribution in [1.82, 2.24) is 18.8 Å². The minimum Gasteiger partial charge on any atom is -0.396 e. The van der Waals surface area contributed by atoms with Crippen LogP contribution in [0.4, 0.5) is 0 Å². The van der Waals surface area contributed by atoms with Gasteiger partial charge in [-0.3, -0.25) is 4.68 Å². The number of aliphatic hydroxyl groups is 1. The molecule has 0 aromatic carbocycles. The second-order valence-electron chi connectivity index (χ2n) is 6.48. The highest BCUT2D eigenvalue weighted by Gasteiger charge is 2.47. The highest BCUT2D eigenvalue weighted by molar-refractivity contribution is 7.87. The highest BCUT2D eigenvalue weighted by Crippen LogP contribution is 2.50. The van der Waals surface area contributed by atoms with Crippen molar-refractivity contribution in [3.05, 3.63) is 18.0 Å². The van der Waals surface area contributed by atoms with E-state index in [1.54, 1.807) is 10.9 Å². The molecule has 8 heteroatoms. The lowest BCUT2D eigenvalue weighted by Crippen LogP contribution is -2.50. The van der Waals surface area contributed by atoms with Crippen molar-refractivity contribution in [3.8, 4) is 0 Å². The molecule has 2 heterocycles. The number of rotatable bonds is 6. The first-order valence-electron chi connectivity index (χ1n) is 7.84. The molecule has 1 aliphatic carbocycles. The van der Waals surface area contributed by atoms with Gasteiger partial charge in [0, 0.05) is 37.3 Å². The number of hydrogen-bond acceptors (Lipinski definition) is 4. The van der Waals surface area contributed by atoms with Crippen molar-refractivity contribution in [2.45, 2.75) is 38.1 Å². The van der Waals surface area contributed by atoms with Gasteiger partial charge in [0.05, 0.1) is 18.8 Å². The Morgan fingerprint density at radius 3 is 2.50 bits per heavy atom. The Hall–Kier alpha value is -0.960. The van der Waals surface area contributed by atoms with Crippen molar-refractivity contribution < 1.29 is 13.5 Å². The number of hydrogen-bond donors (Lipinski definition) is 2. The third-order valence-electron chi connectivity index (χ3n) is 5.01. The Balaban J connectivity index is 1.89. The van der Waals surface area contributed by atoms with Crippen molar-refractivity contribution >= 4 is 10.2 Å². The molecular formula is C14H24N4O3S. The van der Waals surface area contributed by atoms with E-state index in [2.05, 4.69) is 9.82 Å². The van der Waals surface area contributed by atoms with Crippen LogP contribution >= 0.6 is 0 Å². The van der Waals surface area contributed by atoms with Crippen molar-refractivity contribution in [2.24, 2.45) is 12.5 Å². The summed E-state index contributed by atoms with van der Waals surface area (Å²) in [6.07, 6.45) is 7.99. The summed E-state index contributed by atoms with van der Waals surface area (Å²) >= 11 is 0. The Morgan fingerprint density at radius 1 is 1.36 bits per heavy atom. The van der Waals surface area contributed by atoms with Gasteiger partial charge in [-0.05, 0) is 25.7 Å². The first kappa shape index (κ1) is 15.9. The van der Waals surface area contributed by atoms with Gasteiger partial charge in [0.25, 0.3) is 10.2 Å². The van der Waals surface area contributed by atoms with Crippen LogP contribution in [0.1, 0.15) is 43.7 Å². The summed E-state index contributed by atoms with van der Waals surface area (Å²) in [5, 5.41) is 14.0. The summed E-state index contributed by atoms with van der Waals surface area (Å²) in [6, 6.07) is -0.425. The van der Waals surface area contributed by atoms with Crippen LogP contribution in [-0.4, -0.2) is 47.3 Å². The molecule has 1 saturated carbocycles. The first-order valence-corrected chi connectivity index (χ1v) is 9.28. The molecule has 2 aliphatic rings. The Kier molecular flexibility index (Phi) is 4.28. The maximum Gasteiger partial charge on any atom is 0.280 e. The predicted molar refractivity (Wildman–Crippen MR) is 82.2 cm³/mol. The van der Waals surface area contributed by atoms with Gasteiger partial charge in [0.15, 0.2) is 0 Å². The fraction of sp³-hybridized carbons (Fsp3) is 0.786. The summed E-state index contributed by atoms with van der Waals surface area (Å²) < 4.78 is 31.3. The minimum atomic E-state index is -3.53. The molecule has 124 valence electrons. The lowest BCUT2D eigenvalue weighted by atomic mass is 9.63. The molecular weight excluding hydrogens is 304 g/mol. The molecule has 7 nitrogen and oxygen atoms in total. The molecule has 0 spiro atoms. The SMILES string of the molecule is Cn1cc(C(NS(=O)(=O)N2CCCC2)C2(CO)CCC2)cn1. The molecule has 2 fully saturated rings.